The van der Waals surface area contributed by atoms with Crippen molar-refractivity contribution >= 4 is 15.5 Å². The predicted octanol–water partition coefficient (Wildman–Crippen LogP) is 9.23. The lowest BCUT2D eigenvalue weighted by atomic mass is 9.59. The molecule has 2 aliphatic rings. The van der Waals surface area contributed by atoms with Crippen molar-refractivity contribution in [1.82, 2.24) is 0 Å². The van der Waals surface area contributed by atoms with Gasteiger partial charge in [0.05, 0.1) is 11.5 Å². The molecule has 2 nitrogen and oxygen atoms in total. The van der Waals surface area contributed by atoms with Crippen LogP contribution in [0, 0.1) is 17.3 Å². The first-order valence-electron chi connectivity index (χ1n) is 14.7. The quantitative estimate of drug-likeness (QED) is 0.179. The maximum atomic E-state index is 13.0. The molecule has 0 N–H and O–H groups in total. The molecular formula is C32H43F3O2Si. The van der Waals surface area contributed by atoms with Gasteiger partial charge in [-0.15, -0.1) is 0 Å². The van der Waals surface area contributed by atoms with Gasteiger partial charge >= 0.3 is 12.1 Å². The maximum absolute atomic E-state index is 13.0. The van der Waals surface area contributed by atoms with Gasteiger partial charge in [-0.2, -0.15) is 13.2 Å². The van der Waals surface area contributed by atoms with E-state index in [1.807, 2.05) is 0 Å². The van der Waals surface area contributed by atoms with Crippen molar-refractivity contribution in [2.45, 2.75) is 102 Å². The number of halogens is 3. The van der Waals surface area contributed by atoms with Crippen LogP contribution in [0.5, 0.6) is 5.75 Å². The highest BCUT2D eigenvalue weighted by Gasteiger charge is 2.42. The number of benzene rings is 2. The van der Waals surface area contributed by atoms with Crippen LogP contribution in [0.1, 0.15) is 89.5 Å². The first-order valence-corrected chi connectivity index (χ1v) is 16.9. The van der Waals surface area contributed by atoms with Gasteiger partial charge in [0.25, 0.3) is 0 Å². The second-order valence-electron chi connectivity index (χ2n) is 11.9. The maximum Gasteiger partial charge on any atom is 0.416 e. The number of hydrogen-bond acceptors (Lipinski definition) is 2. The summed E-state index contributed by atoms with van der Waals surface area (Å²) in [4.78, 5) is 13.0. The van der Waals surface area contributed by atoms with Crippen LogP contribution in [0.4, 0.5) is 13.2 Å². The standard InChI is InChI=1S/C32H43F3O2Si/c1-23(38-2)7-6-22-31(20-4-3-5-21-31)27-14-10-26(11-15-27)30(36)37-29-18-12-25(13-19-29)24-8-16-28(17-9-24)32(33,34)35/h8-9,12-13,16-19,23,26-27H,3-7,10-11,14-15,20-22,38H2,1-2H3. The first-order chi connectivity index (χ1) is 18.2. The van der Waals surface area contributed by atoms with Crippen LogP contribution in [0.25, 0.3) is 11.1 Å². The van der Waals surface area contributed by atoms with Crippen molar-refractivity contribution in [3.8, 4) is 16.9 Å². The number of alkyl halides is 3. The zero-order valence-corrected chi connectivity index (χ0v) is 24.4. The van der Waals surface area contributed by atoms with Crippen molar-refractivity contribution in [2.24, 2.45) is 17.3 Å². The molecule has 0 bridgehead atoms. The smallest absolute Gasteiger partial charge is 0.416 e. The molecule has 0 amide bonds. The number of carbonyl (C=O) groups is 1. The van der Waals surface area contributed by atoms with Gasteiger partial charge in [-0.05, 0) is 91.7 Å². The van der Waals surface area contributed by atoms with Crippen molar-refractivity contribution in [1.29, 1.82) is 0 Å². The molecule has 0 aromatic heterocycles. The molecule has 2 saturated carbocycles. The Bertz CT molecular complexity index is 1020. The number of hydrogen-bond donors (Lipinski definition) is 0. The Morgan fingerprint density at radius 3 is 2.08 bits per heavy atom. The van der Waals surface area contributed by atoms with Crippen LogP contribution in [0.2, 0.25) is 12.1 Å². The minimum atomic E-state index is -4.35. The Morgan fingerprint density at radius 1 is 0.947 bits per heavy atom. The monoisotopic (exact) mass is 544 g/mol. The highest BCUT2D eigenvalue weighted by molar-refractivity contribution is 6.35. The van der Waals surface area contributed by atoms with Gasteiger partial charge in [0.2, 0.25) is 0 Å². The zero-order valence-electron chi connectivity index (χ0n) is 23.0. The van der Waals surface area contributed by atoms with Crippen LogP contribution in [0.15, 0.2) is 48.5 Å². The number of ether oxygens (including phenoxy) is 1. The zero-order chi connectivity index (χ0) is 27.2. The van der Waals surface area contributed by atoms with Crippen LogP contribution >= 0.6 is 0 Å². The van der Waals surface area contributed by atoms with E-state index in [2.05, 4.69) is 13.5 Å². The highest BCUT2D eigenvalue weighted by atomic mass is 28.2. The van der Waals surface area contributed by atoms with Gasteiger partial charge in [-0.25, -0.2) is 0 Å². The minimum absolute atomic E-state index is 0.0485. The third-order valence-electron chi connectivity index (χ3n) is 9.46. The van der Waals surface area contributed by atoms with Crippen molar-refractivity contribution in [2.75, 3.05) is 0 Å². The van der Waals surface area contributed by atoms with E-state index in [-0.39, 0.29) is 21.4 Å². The molecule has 4 rings (SSSR count). The molecule has 0 spiro atoms. The molecule has 1 unspecified atom stereocenters. The molecule has 1 atom stereocenters. The number of esters is 1. The molecule has 208 valence electrons. The number of carbonyl (C=O) groups excluding carboxylic acids is 1. The summed E-state index contributed by atoms with van der Waals surface area (Å²) in [6.45, 7) is 4.86. The van der Waals surface area contributed by atoms with Crippen LogP contribution in [-0.2, 0) is 11.0 Å². The average Bonchev–Trinajstić information content (AvgIpc) is 2.93. The van der Waals surface area contributed by atoms with E-state index in [4.69, 9.17) is 4.74 Å². The average molecular weight is 545 g/mol. The first kappa shape index (κ1) is 28.9. The molecule has 0 aliphatic heterocycles. The van der Waals surface area contributed by atoms with Gasteiger partial charge in [0.1, 0.15) is 5.75 Å². The van der Waals surface area contributed by atoms with Crippen molar-refractivity contribution in [3.63, 3.8) is 0 Å². The molecule has 38 heavy (non-hydrogen) atoms. The van der Waals surface area contributed by atoms with Crippen LogP contribution in [0.3, 0.4) is 0 Å². The third kappa shape index (κ3) is 7.31. The molecule has 2 aliphatic carbocycles. The molecule has 2 aromatic carbocycles. The van der Waals surface area contributed by atoms with Gasteiger partial charge in [-0.3, -0.25) is 4.79 Å². The largest absolute Gasteiger partial charge is 0.426 e. The molecule has 6 heteroatoms. The lowest BCUT2D eigenvalue weighted by Gasteiger charge is -2.47. The number of rotatable bonds is 9. The van der Waals surface area contributed by atoms with E-state index in [0.29, 0.717) is 16.7 Å². The van der Waals surface area contributed by atoms with Crippen LogP contribution < -0.4 is 4.74 Å². The van der Waals surface area contributed by atoms with Crippen molar-refractivity contribution < 1.29 is 22.7 Å². The highest BCUT2D eigenvalue weighted by Crippen LogP contribution is 2.52. The van der Waals surface area contributed by atoms with E-state index < -0.39 is 11.7 Å². The Balaban J connectivity index is 1.30. The summed E-state index contributed by atoms with van der Waals surface area (Å²) in [7, 11) is 0.0950. The van der Waals surface area contributed by atoms with Gasteiger partial charge in [0.15, 0.2) is 0 Å². The second kappa shape index (κ2) is 12.8. The lowest BCUT2D eigenvalue weighted by molar-refractivity contribution is -0.141. The molecule has 0 heterocycles. The fraction of sp³-hybridized carbons (Fsp3) is 0.594. The normalized spacial score (nSPS) is 22.9. The SMILES string of the molecule is C[SiH2]C(C)CCCC1(C2CCC(C(=O)Oc3ccc(-c4ccc(C(F)(F)F)cc4)cc3)CC2)CCCCC1. The second-order valence-corrected chi connectivity index (χ2v) is 14.1. The van der Waals surface area contributed by atoms with Gasteiger partial charge < -0.3 is 4.74 Å². The van der Waals surface area contributed by atoms with E-state index in [0.717, 1.165) is 54.8 Å². The summed E-state index contributed by atoms with van der Waals surface area (Å²) in [5, 5.41) is 0. The summed E-state index contributed by atoms with van der Waals surface area (Å²) >= 11 is 0. The Labute approximate surface area is 228 Å². The fourth-order valence-electron chi connectivity index (χ4n) is 6.83. The Morgan fingerprint density at radius 2 is 1.53 bits per heavy atom. The third-order valence-corrected chi connectivity index (χ3v) is 11.3. The van der Waals surface area contributed by atoms with Gasteiger partial charge in [0, 0.05) is 9.52 Å². The minimum Gasteiger partial charge on any atom is -0.426 e. The van der Waals surface area contributed by atoms with E-state index in [1.165, 1.54) is 63.5 Å². The van der Waals surface area contributed by atoms with Crippen LogP contribution in [-0.4, -0.2) is 15.5 Å². The molecule has 0 radical (unpaired) electrons. The molecule has 0 saturated heterocycles. The van der Waals surface area contributed by atoms with E-state index in [9.17, 15) is 18.0 Å². The molecule has 2 fully saturated rings. The van der Waals surface area contributed by atoms with E-state index >= 15 is 0 Å². The fourth-order valence-corrected chi connectivity index (χ4v) is 7.53. The Kier molecular flexibility index (Phi) is 9.77. The predicted molar refractivity (Wildman–Crippen MR) is 151 cm³/mol. The van der Waals surface area contributed by atoms with Crippen molar-refractivity contribution in [3.05, 3.63) is 54.1 Å². The summed E-state index contributed by atoms with van der Waals surface area (Å²) in [6.07, 6.45) is 10.7. The lowest BCUT2D eigenvalue weighted by Crippen LogP contribution is -2.37. The van der Waals surface area contributed by atoms with Gasteiger partial charge in [-0.1, -0.05) is 75.4 Å². The Hall–Kier alpha value is -2.08. The molecule has 2 aromatic rings. The summed E-state index contributed by atoms with van der Waals surface area (Å²) in [5.41, 5.74) is 2.26. The van der Waals surface area contributed by atoms with E-state index in [1.54, 1.807) is 24.3 Å². The molecular weight excluding hydrogens is 501 g/mol. The summed E-state index contributed by atoms with van der Waals surface area (Å²) in [5.74, 6) is 1.03. The topological polar surface area (TPSA) is 26.3 Å². The summed E-state index contributed by atoms with van der Waals surface area (Å²) < 4.78 is 44.2. The summed E-state index contributed by atoms with van der Waals surface area (Å²) in [6, 6.07) is 12.1.